The van der Waals surface area contributed by atoms with Crippen LogP contribution in [0, 0.1) is 29.9 Å². The summed E-state index contributed by atoms with van der Waals surface area (Å²) in [7, 11) is 0. The predicted molar refractivity (Wildman–Crippen MR) is 114 cm³/mol. The summed E-state index contributed by atoms with van der Waals surface area (Å²) in [6.45, 7) is 2.46. The van der Waals surface area contributed by atoms with Gasteiger partial charge in [-0.25, -0.2) is 13.8 Å². The van der Waals surface area contributed by atoms with Crippen LogP contribution in [0.2, 0.25) is 5.02 Å². The van der Waals surface area contributed by atoms with Crippen molar-refractivity contribution in [2.75, 3.05) is 11.4 Å². The standard InChI is InChI=1S/C23H16ClF2N5/c1-12-2-4-13(5-3-12)22-21-14(19-17(29-21)7-6-15(24)20(19)26)8-9-31(22)23-28-11-16(25)18(10-27)30-23/h2-7,11,22,29H,8-9H2,1H3. The van der Waals surface area contributed by atoms with E-state index < -0.39 is 11.6 Å². The third-order valence-corrected chi connectivity index (χ3v) is 5.96. The van der Waals surface area contributed by atoms with Gasteiger partial charge in [0, 0.05) is 23.1 Å². The Balaban J connectivity index is 1.74. The molecule has 0 saturated heterocycles. The topological polar surface area (TPSA) is 68.6 Å². The van der Waals surface area contributed by atoms with E-state index in [0.717, 1.165) is 28.6 Å². The van der Waals surface area contributed by atoms with Crippen LogP contribution < -0.4 is 4.90 Å². The molecule has 1 atom stereocenters. The van der Waals surface area contributed by atoms with E-state index in [1.807, 2.05) is 36.1 Å². The maximum atomic E-state index is 14.9. The van der Waals surface area contributed by atoms with E-state index in [4.69, 9.17) is 11.6 Å². The molecule has 8 heteroatoms. The quantitative estimate of drug-likeness (QED) is 0.468. The monoisotopic (exact) mass is 435 g/mol. The highest BCUT2D eigenvalue weighted by Gasteiger charge is 2.34. The molecule has 1 aliphatic rings. The van der Waals surface area contributed by atoms with Crippen molar-refractivity contribution in [1.82, 2.24) is 15.0 Å². The molecule has 2 aromatic carbocycles. The van der Waals surface area contributed by atoms with Crippen molar-refractivity contribution in [3.8, 4) is 6.07 Å². The lowest BCUT2D eigenvalue weighted by Crippen LogP contribution is -2.37. The van der Waals surface area contributed by atoms with Crippen molar-refractivity contribution in [3.05, 3.63) is 87.3 Å². The fourth-order valence-corrected chi connectivity index (χ4v) is 4.36. The van der Waals surface area contributed by atoms with Gasteiger partial charge in [-0.05, 0) is 36.6 Å². The molecule has 4 aromatic rings. The smallest absolute Gasteiger partial charge is 0.227 e. The number of hydrogen-bond donors (Lipinski definition) is 1. The number of aryl methyl sites for hydroxylation is 1. The van der Waals surface area contributed by atoms with Gasteiger partial charge in [0.1, 0.15) is 6.07 Å². The molecule has 0 aliphatic carbocycles. The number of halogens is 3. The number of anilines is 1. The molecule has 1 N–H and O–H groups in total. The largest absolute Gasteiger partial charge is 0.356 e. The van der Waals surface area contributed by atoms with Gasteiger partial charge in [-0.3, -0.25) is 0 Å². The van der Waals surface area contributed by atoms with Crippen molar-refractivity contribution in [2.45, 2.75) is 19.4 Å². The first-order valence-electron chi connectivity index (χ1n) is 9.72. The lowest BCUT2D eigenvalue weighted by Gasteiger charge is -2.36. The van der Waals surface area contributed by atoms with E-state index in [-0.39, 0.29) is 22.7 Å². The summed E-state index contributed by atoms with van der Waals surface area (Å²) in [6, 6.07) is 12.7. The van der Waals surface area contributed by atoms with Crippen LogP contribution in [0.1, 0.15) is 34.1 Å². The Hall–Kier alpha value is -3.50. The number of nitrogens with one attached hydrogen (secondary N) is 1. The van der Waals surface area contributed by atoms with Gasteiger partial charge in [0.2, 0.25) is 5.95 Å². The maximum absolute atomic E-state index is 14.9. The molecular weight excluding hydrogens is 420 g/mol. The maximum Gasteiger partial charge on any atom is 0.227 e. The van der Waals surface area contributed by atoms with Crippen molar-refractivity contribution in [1.29, 1.82) is 5.26 Å². The third kappa shape index (κ3) is 3.11. The van der Waals surface area contributed by atoms with Crippen molar-refractivity contribution < 1.29 is 8.78 Å². The van der Waals surface area contributed by atoms with Crippen molar-refractivity contribution >= 4 is 28.5 Å². The van der Waals surface area contributed by atoms with Gasteiger partial charge >= 0.3 is 0 Å². The number of benzene rings is 2. The summed E-state index contributed by atoms with van der Waals surface area (Å²) in [6.07, 6.45) is 1.52. The van der Waals surface area contributed by atoms with Crippen molar-refractivity contribution in [3.63, 3.8) is 0 Å². The second-order valence-electron chi connectivity index (χ2n) is 7.54. The van der Waals surface area contributed by atoms with E-state index in [9.17, 15) is 14.0 Å². The van der Waals surface area contributed by atoms with Gasteiger partial charge in [0.15, 0.2) is 17.3 Å². The van der Waals surface area contributed by atoms with Gasteiger partial charge in [-0.1, -0.05) is 41.4 Å². The third-order valence-electron chi connectivity index (χ3n) is 5.67. The first-order valence-corrected chi connectivity index (χ1v) is 10.1. The zero-order valence-electron chi connectivity index (χ0n) is 16.5. The summed E-state index contributed by atoms with van der Waals surface area (Å²) < 4.78 is 28.7. The highest BCUT2D eigenvalue weighted by atomic mass is 35.5. The summed E-state index contributed by atoms with van der Waals surface area (Å²) in [5.74, 6) is -0.970. The molecule has 154 valence electrons. The molecule has 5 nitrogen and oxygen atoms in total. The zero-order valence-corrected chi connectivity index (χ0v) is 17.2. The number of H-pyrrole nitrogens is 1. The number of hydrogen-bond acceptors (Lipinski definition) is 4. The summed E-state index contributed by atoms with van der Waals surface area (Å²) >= 11 is 6.05. The van der Waals surface area contributed by atoms with Crippen LogP contribution in [0.15, 0.2) is 42.6 Å². The Bertz CT molecular complexity index is 1360. The first-order chi connectivity index (χ1) is 15.0. The minimum Gasteiger partial charge on any atom is -0.356 e. The Morgan fingerprint density at radius 2 is 1.97 bits per heavy atom. The van der Waals surface area contributed by atoms with E-state index in [2.05, 4.69) is 15.0 Å². The van der Waals surface area contributed by atoms with Crippen LogP contribution in [0.5, 0.6) is 0 Å². The number of aromatic nitrogens is 3. The van der Waals surface area contributed by atoms with Crippen LogP contribution in [0.3, 0.4) is 0 Å². The number of nitrogens with zero attached hydrogens (tertiary/aromatic N) is 4. The Morgan fingerprint density at radius 3 is 2.71 bits per heavy atom. The fourth-order valence-electron chi connectivity index (χ4n) is 4.20. The van der Waals surface area contributed by atoms with E-state index in [1.54, 1.807) is 12.1 Å². The fraction of sp³-hybridized carbons (Fsp3) is 0.174. The second-order valence-corrected chi connectivity index (χ2v) is 7.94. The molecule has 0 bridgehead atoms. The highest BCUT2D eigenvalue weighted by molar-refractivity contribution is 6.31. The second kappa shape index (κ2) is 7.33. The van der Waals surface area contributed by atoms with E-state index in [1.165, 1.54) is 6.07 Å². The summed E-state index contributed by atoms with van der Waals surface area (Å²) in [5, 5.41) is 9.76. The Kier molecular flexibility index (Phi) is 4.60. The molecule has 1 aliphatic heterocycles. The van der Waals surface area contributed by atoms with Gasteiger partial charge in [-0.15, -0.1) is 0 Å². The van der Waals surface area contributed by atoms with Gasteiger partial charge in [0.05, 0.1) is 17.3 Å². The molecule has 1 unspecified atom stereocenters. The average molecular weight is 436 g/mol. The van der Waals surface area contributed by atoms with E-state index >= 15 is 0 Å². The van der Waals surface area contributed by atoms with Crippen LogP contribution in [0.4, 0.5) is 14.7 Å². The minimum atomic E-state index is -0.766. The summed E-state index contributed by atoms with van der Waals surface area (Å²) in [4.78, 5) is 13.5. The van der Waals surface area contributed by atoms with Gasteiger partial charge in [-0.2, -0.15) is 10.2 Å². The minimum absolute atomic E-state index is 0.0733. The lowest BCUT2D eigenvalue weighted by molar-refractivity contribution is 0.591. The Morgan fingerprint density at radius 1 is 1.19 bits per heavy atom. The molecule has 3 heterocycles. The number of nitriles is 1. The number of aromatic amines is 1. The number of rotatable bonds is 2. The highest BCUT2D eigenvalue weighted by Crippen LogP contribution is 2.41. The molecule has 0 radical (unpaired) electrons. The van der Waals surface area contributed by atoms with Crippen LogP contribution in [0.25, 0.3) is 10.9 Å². The van der Waals surface area contributed by atoms with Crippen molar-refractivity contribution in [2.24, 2.45) is 0 Å². The first kappa shape index (κ1) is 19.5. The molecule has 5 rings (SSSR count). The summed E-state index contributed by atoms with van der Waals surface area (Å²) in [5.41, 5.74) is 4.04. The molecule has 2 aromatic heterocycles. The molecular formula is C23H16ClF2N5. The molecule has 0 amide bonds. The molecule has 31 heavy (non-hydrogen) atoms. The lowest BCUT2D eigenvalue weighted by atomic mass is 9.92. The van der Waals surface area contributed by atoms with Crippen LogP contribution in [-0.2, 0) is 6.42 Å². The van der Waals surface area contributed by atoms with E-state index in [0.29, 0.717) is 23.9 Å². The average Bonchev–Trinajstić information content (AvgIpc) is 3.16. The van der Waals surface area contributed by atoms with Crippen LogP contribution in [-0.4, -0.2) is 21.5 Å². The van der Waals surface area contributed by atoms with Gasteiger partial charge in [0.25, 0.3) is 0 Å². The Labute approximate surface area is 181 Å². The van der Waals surface area contributed by atoms with Crippen LogP contribution >= 0.6 is 11.6 Å². The SMILES string of the molecule is Cc1ccc(C2c3[nH]c4ccc(Cl)c(F)c4c3CCN2c2ncc(F)c(C#N)n2)cc1. The molecule has 0 spiro atoms. The normalized spacial score (nSPS) is 15.7. The number of fused-ring (bicyclic) bond motifs is 3. The zero-order chi connectivity index (χ0) is 21.7. The predicted octanol–water partition coefficient (Wildman–Crippen LogP) is 5.22. The molecule has 0 fully saturated rings. The van der Waals surface area contributed by atoms with Gasteiger partial charge < -0.3 is 9.88 Å². The molecule has 0 saturated carbocycles.